The minimum absolute atomic E-state index is 0.181. The molecule has 2 aromatic rings. The molecule has 8 nitrogen and oxygen atoms in total. The predicted molar refractivity (Wildman–Crippen MR) is 93.7 cm³/mol. The molecule has 1 atom stereocenters. The summed E-state index contributed by atoms with van der Waals surface area (Å²) in [5.41, 5.74) is 0.339. The van der Waals surface area contributed by atoms with Crippen LogP contribution in [0.1, 0.15) is 15.9 Å². The van der Waals surface area contributed by atoms with E-state index < -0.39 is 22.8 Å². The molecule has 0 radical (unpaired) electrons. The van der Waals surface area contributed by atoms with Gasteiger partial charge >= 0.3 is 5.97 Å². The molecule has 1 amide bonds. The summed E-state index contributed by atoms with van der Waals surface area (Å²) in [7, 11) is 1.37. The molecular formula is C17H15ClN2O6. The van der Waals surface area contributed by atoms with Crippen LogP contribution in [0.15, 0.2) is 42.5 Å². The normalized spacial score (nSPS) is 11.5. The van der Waals surface area contributed by atoms with E-state index in [1.165, 1.54) is 49.6 Å². The lowest BCUT2D eigenvalue weighted by molar-refractivity contribution is -0.384. The van der Waals surface area contributed by atoms with Crippen LogP contribution in [0.4, 0.5) is 5.69 Å². The van der Waals surface area contributed by atoms with Gasteiger partial charge in [-0.1, -0.05) is 11.6 Å². The minimum atomic E-state index is -1.30. The smallest absolute Gasteiger partial charge is 0.326 e. The Hall–Kier alpha value is -3.13. The van der Waals surface area contributed by atoms with E-state index in [9.17, 15) is 24.8 Å². The summed E-state index contributed by atoms with van der Waals surface area (Å²) >= 11 is 5.76. The molecule has 0 bridgehead atoms. The van der Waals surface area contributed by atoms with Gasteiger partial charge in [0.15, 0.2) is 0 Å². The molecule has 0 spiro atoms. The van der Waals surface area contributed by atoms with Crippen molar-refractivity contribution in [3.8, 4) is 5.75 Å². The number of carboxylic acids is 1. The highest BCUT2D eigenvalue weighted by atomic mass is 35.5. The second kappa shape index (κ2) is 8.30. The number of nitrogens with one attached hydrogen (secondary N) is 1. The number of halogens is 1. The van der Waals surface area contributed by atoms with Gasteiger partial charge in [-0.25, -0.2) is 4.79 Å². The van der Waals surface area contributed by atoms with Crippen LogP contribution in [0.5, 0.6) is 5.75 Å². The zero-order valence-corrected chi connectivity index (χ0v) is 14.4. The summed E-state index contributed by atoms with van der Waals surface area (Å²) in [5.74, 6) is -1.58. The Kier molecular flexibility index (Phi) is 6.13. The first kappa shape index (κ1) is 19.2. The summed E-state index contributed by atoms with van der Waals surface area (Å²) in [6.07, 6.45) is -0.181. The molecule has 2 rings (SSSR count). The van der Waals surface area contributed by atoms with E-state index in [1.807, 2.05) is 0 Å². The van der Waals surface area contributed by atoms with Crippen molar-refractivity contribution in [3.05, 3.63) is 68.7 Å². The van der Waals surface area contributed by atoms with Crippen LogP contribution in [0, 0.1) is 10.1 Å². The van der Waals surface area contributed by atoms with Crippen molar-refractivity contribution in [3.63, 3.8) is 0 Å². The standard InChI is InChI=1S/C17H15ClN2O6/c1-26-15-7-6-13(20(24)25)8-11(15)9-14(17(22)23)19-16(21)10-2-4-12(18)5-3-10/h2-8,14H,9H2,1H3,(H,19,21)(H,22,23)/t14-/m1/s1. The van der Waals surface area contributed by atoms with E-state index in [4.69, 9.17) is 16.3 Å². The van der Waals surface area contributed by atoms with Crippen LogP contribution < -0.4 is 10.1 Å². The van der Waals surface area contributed by atoms with Crippen LogP contribution in [0.3, 0.4) is 0 Å². The van der Waals surface area contributed by atoms with E-state index >= 15 is 0 Å². The molecular weight excluding hydrogens is 364 g/mol. The van der Waals surface area contributed by atoms with Gasteiger partial charge in [-0.2, -0.15) is 0 Å². The number of hydrogen-bond donors (Lipinski definition) is 2. The number of nitrogens with zero attached hydrogens (tertiary/aromatic N) is 1. The Labute approximate surface area is 153 Å². The second-order valence-electron chi connectivity index (χ2n) is 5.33. The zero-order valence-electron chi connectivity index (χ0n) is 13.6. The van der Waals surface area contributed by atoms with Gasteiger partial charge in [0, 0.05) is 34.7 Å². The molecule has 0 aliphatic rings. The van der Waals surface area contributed by atoms with Crippen molar-refractivity contribution in [2.45, 2.75) is 12.5 Å². The van der Waals surface area contributed by atoms with E-state index in [0.29, 0.717) is 16.3 Å². The maximum absolute atomic E-state index is 12.2. The molecule has 9 heteroatoms. The molecule has 26 heavy (non-hydrogen) atoms. The van der Waals surface area contributed by atoms with Gasteiger partial charge in [0.1, 0.15) is 11.8 Å². The first-order chi connectivity index (χ1) is 12.3. The molecule has 136 valence electrons. The van der Waals surface area contributed by atoms with Crippen LogP contribution >= 0.6 is 11.6 Å². The monoisotopic (exact) mass is 378 g/mol. The minimum Gasteiger partial charge on any atom is -0.496 e. The van der Waals surface area contributed by atoms with Gasteiger partial charge in [0.25, 0.3) is 11.6 Å². The molecule has 0 fully saturated rings. The summed E-state index contributed by atoms with van der Waals surface area (Å²) in [6.45, 7) is 0. The van der Waals surface area contributed by atoms with Crippen molar-refractivity contribution in [1.29, 1.82) is 0 Å². The van der Waals surface area contributed by atoms with Crippen LogP contribution in [0.2, 0.25) is 5.02 Å². The van der Waals surface area contributed by atoms with Crippen LogP contribution in [-0.4, -0.2) is 35.1 Å². The van der Waals surface area contributed by atoms with Gasteiger partial charge in [-0.05, 0) is 30.3 Å². The first-order valence-corrected chi connectivity index (χ1v) is 7.80. The first-order valence-electron chi connectivity index (χ1n) is 7.42. The molecule has 0 aliphatic carbocycles. The van der Waals surface area contributed by atoms with E-state index in [2.05, 4.69) is 5.32 Å². The third-order valence-electron chi connectivity index (χ3n) is 3.61. The largest absolute Gasteiger partial charge is 0.496 e. The number of carbonyl (C=O) groups excluding carboxylic acids is 1. The van der Waals surface area contributed by atoms with Gasteiger partial charge in [-0.3, -0.25) is 14.9 Å². The maximum atomic E-state index is 12.2. The van der Waals surface area contributed by atoms with Crippen molar-refractivity contribution < 1.29 is 24.4 Å². The number of rotatable bonds is 7. The Morgan fingerprint density at radius 3 is 2.46 bits per heavy atom. The lowest BCUT2D eigenvalue weighted by Gasteiger charge is -2.16. The van der Waals surface area contributed by atoms with E-state index in [1.54, 1.807) is 0 Å². The van der Waals surface area contributed by atoms with Crippen molar-refractivity contribution in [2.75, 3.05) is 7.11 Å². The zero-order chi connectivity index (χ0) is 19.3. The van der Waals surface area contributed by atoms with Gasteiger partial charge in [-0.15, -0.1) is 0 Å². The topological polar surface area (TPSA) is 119 Å². The predicted octanol–water partition coefficient (Wildman–Crippen LogP) is 2.68. The van der Waals surface area contributed by atoms with Crippen LogP contribution in [0.25, 0.3) is 0 Å². The Balaban J connectivity index is 2.24. The van der Waals surface area contributed by atoms with Crippen LogP contribution in [-0.2, 0) is 11.2 Å². The number of non-ortho nitro benzene ring substituents is 1. The van der Waals surface area contributed by atoms with Crippen molar-refractivity contribution >= 4 is 29.2 Å². The number of nitro groups is 1. The third-order valence-corrected chi connectivity index (χ3v) is 3.86. The highest BCUT2D eigenvalue weighted by Crippen LogP contribution is 2.25. The summed E-state index contributed by atoms with van der Waals surface area (Å²) in [6, 6.07) is 8.51. The molecule has 2 aromatic carbocycles. The average Bonchev–Trinajstić information content (AvgIpc) is 2.61. The maximum Gasteiger partial charge on any atom is 0.326 e. The fourth-order valence-corrected chi connectivity index (χ4v) is 2.43. The third kappa shape index (κ3) is 4.70. The number of hydrogen-bond acceptors (Lipinski definition) is 5. The fourth-order valence-electron chi connectivity index (χ4n) is 2.30. The van der Waals surface area contributed by atoms with E-state index in [0.717, 1.165) is 0 Å². The number of benzene rings is 2. The number of aliphatic carboxylic acids is 1. The SMILES string of the molecule is COc1ccc([N+](=O)[O-])cc1C[C@@H](NC(=O)c1ccc(Cl)cc1)C(=O)O. The van der Waals surface area contributed by atoms with Crippen molar-refractivity contribution in [2.24, 2.45) is 0 Å². The number of carbonyl (C=O) groups is 2. The Morgan fingerprint density at radius 2 is 1.92 bits per heavy atom. The second-order valence-corrected chi connectivity index (χ2v) is 5.76. The fraction of sp³-hybridized carbons (Fsp3) is 0.176. The molecule has 0 saturated heterocycles. The Bertz CT molecular complexity index is 838. The molecule has 0 unspecified atom stereocenters. The van der Waals surface area contributed by atoms with Gasteiger partial charge in [0.05, 0.1) is 12.0 Å². The molecule has 0 heterocycles. The Morgan fingerprint density at radius 1 is 1.27 bits per heavy atom. The molecule has 0 aromatic heterocycles. The van der Waals surface area contributed by atoms with Crippen molar-refractivity contribution in [1.82, 2.24) is 5.32 Å². The van der Waals surface area contributed by atoms with Gasteiger partial charge < -0.3 is 15.2 Å². The lowest BCUT2D eigenvalue weighted by atomic mass is 10.0. The number of amides is 1. The highest BCUT2D eigenvalue weighted by Gasteiger charge is 2.24. The number of nitro benzene ring substituents is 1. The quantitative estimate of drug-likeness (QED) is 0.564. The molecule has 0 aliphatic heterocycles. The van der Waals surface area contributed by atoms with Gasteiger partial charge in [0.2, 0.25) is 0 Å². The highest BCUT2D eigenvalue weighted by molar-refractivity contribution is 6.30. The summed E-state index contributed by atoms with van der Waals surface area (Å²) in [4.78, 5) is 34.1. The lowest BCUT2D eigenvalue weighted by Crippen LogP contribution is -2.42. The number of carboxylic acid groups (broad SMARTS) is 1. The summed E-state index contributed by atoms with van der Waals surface area (Å²) < 4.78 is 5.12. The summed E-state index contributed by atoms with van der Waals surface area (Å²) in [5, 5.41) is 23.2. The number of ether oxygens (including phenoxy) is 1. The van der Waals surface area contributed by atoms with E-state index in [-0.39, 0.29) is 17.7 Å². The molecule has 2 N–H and O–H groups in total. The molecule has 0 saturated carbocycles. The average molecular weight is 379 g/mol. The number of methoxy groups -OCH3 is 1.